The summed E-state index contributed by atoms with van der Waals surface area (Å²) in [4.78, 5) is 15.4. The zero-order chi connectivity index (χ0) is 13.0. The molecule has 0 bridgehead atoms. The highest BCUT2D eigenvalue weighted by Gasteiger charge is 2.27. The number of aromatic nitrogens is 1. The lowest BCUT2D eigenvalue weighted by Gasteiger charge is -2.12. The van der Waals surface area contributed by atoms with Crippen LogP contribution in [0.5, 0.6) is 0 Å². The number of hydrogen-bond acceptors (Lipinski definition) is 5. The molecule has 3 N–H and O–H groups in total. The van der Waals surface area contributed by atoms with Gasteiger partial charge in [0.1, 0.15) is 5.82 Å². The first-order chi connectivity index (χ1) is 8.55. The third kappa shape index (κ3) is 3.67. The van der Waals surface area contributed by atoms with E-state index in [9.17, 15) is 13.2 Å². The van der Waals surface area contributed by atoms with Crippen LogP contribution in [0.2, 0.25) is 0 Å². The molecule has 7 nitrogen and oxygen atoms in total. The summed E-state index contributed by atoms with van der Waals surface area (Å²) in [5.74, 6) is 0.640. The van der Waals surface area contributed by atoms with Crippen LogP contribution in [0, 0.1) is 0 Å². The number of sulfone groups is 1. The number of carbonyl (C=O) groups is 1. The predicted octanol–water partition coefficient (Wildman–Crippen LogP) is -0.105. The first-order valence-corrected chi connectivity index (χ1v) is 7.31. The minimum atomic E-state index is -2.95. The summed E-state index contributed by atoms with van der Waals surface area (Å²) in [6, 6.07) is 4.44. The van der Waals surface area contributed by atoms with Crippen LogP contribution < -0.4 is 16.2 Å². The number of hydrazine groups is 1. The average Bonchev–Trinajstić information content (AvgIpc) is 2.68. The maximum absolute atomic E-state index is 11.5. The lowest BCUT2D eigenvalue weighted by atomic mass is 10.3. The number of nitrogens with zero attached hydrogens (tertiary/aromatic N) is 1. The van der Waals surface area contributed by atoms with Crippen LogP contribution in [0.15, 0.2) is 24.4 Å². The highest BCUT2D eigenvalue weighted by atomic mass is 32.2. The van der Waals surface area contributed by atoms with E-state index in [2.05, 4.69) is 21.2 Å². The molecule has 0 saturated carbocycles. The molecule has 2 amide bonds. The summed E-state index contributed by atoms with van der Waals surface area (Å²) in [7, 11) is -2.95. The van der Waals surface area contributed by atoms with E-state index >= 15 is 0 Å². The van der Waals surface area contributed by atoms with E-state index < -0.39 is 15.9 Å². The van der Waals surface area contributed by atoms with Gasteiger partial charge in [-0.1, -0.05) is 6.07 Å². The number of hydrogen-bond donors (Lipinski definition) is 3. The van der Waals surface area contributed by atoms with Crippen molar-refractivity contribution in [3.63, 3.8) is 0 Å². The molecular formula is C10H14N4O3S. The molecule has 0 spiro atoms. The maximum Gasteiger partial charge on any atom is 0.334 e. The van der Waals surface area contributed by atoms with Gasteiger partial charge in [-0.25, -0.2) is 23.6 Å². The molecule has 8 heteroatoms. The molecule has 0 radical (unpaired) electrons. The van der Waals surface area contributed by atoms with E-state index in [0.717, 1.165) is 0 Å². The Morgan fingerprint density at radius 1 is 1.39 bits per heavy atom. The standard InChI is InChI=1S/C10H14N4O3S/c15-10(12-9-3-1-2-5-11-9)14-13-8-4-6-18(16,17)7-8/h1-3,5,8,13H,4,6-7H2,(H2,11,12,14,15). The lowest BCUT2D eigenvalue weighted by Crippen LogP contribution is -2.46. The van der Waals surface area contributed by atoms with Crippen LogP contribution in [-0.4, -0.2) is 37.0 Å². The van der Waals surface area contributed by atoms with Gasteiger partial charge < -0.3 is 0 Å². The maximum atomic E-state index is 11.5. The molecule has 1 saturated heterocycles. The molecular weight excluding hydrogens is 256 g/mol. The van der Waals surface area contributed by atoms with E-state index in [4.69, 9.17) is 0 Å². The minimum Gasteiger partial charge on any atom is -0.291 e. The zero-order valence-electron chi connectivity index (χ0n) is 9.59. The van der Waals surface area contributed by atoms with Gasteiger partial charge in [0.2, 0.25) is 0 Å². The van der Waals surface area contributed by atoms with Crippen LogP contribution >= 0.6 is 0 Å². The van der Waals surface area contributed by atoms with Gasteiger partial charge in [0, 0.05) is 12.2 Å². The summed E-state index contributed by atoms with van der Waals surface area (Å²) in [6.07, 6.45) is 2.07. The van der Waals surface area contributed by atoms with Crippen molar-refractivity contribution in [3.05, 3.63) is 24.4 Å². The SMILES string of the molecule is O=C(NNC1CCS(=O)(=O)C1)Nc1ccccn1. The Hall–Kier alpha value is -1.67. The Morgan fingerprint density at radius 3 is 2.83 bits per heavy atom. The van der Waals surface area contributed by atoms with Crippen LogP contribution in [0.3, 0.4) is 0 Å². The van der Waals surface area contributed by atoms with Gasteiger partial charge >= 0.3 is 6.03 Å². The zero-order valence-corrected chi connectivity index (χ0v) is 10.4. The van der Waals surface area contributed by atoms with E-state index in [1.807, 2.05) is 0 Å². The van der Waals surface area contributed by atoms with E-state index in [1.54, 1.807) is 24.4 Å². The fraction of sp³-hybridized carbons (Fsp3) is 0.400. The van der Waals surface area contributed by atoms with Crippen LogP contribution in [0.25, 0.3) is 0 Å². The molecule has 98 valence electrons. The largest absolute Gasteiger partial charge is 0.334 e. The number of anilines is 1. The van der Waals surface area contributed by atoms with Gasteiger partial charge in [0.05, 0.1) is 11.5 Å². The average molecular weight is 270 g/mol. The molecule has 2 rings (SSSR count). The lowest BCUT2D eigenvalue weighted by molar-refractivity contribution is 0.246. The van der Waals surface area contributed by atoms with Crippen molar-refractivity contribution in [2.75, 3.05) is 16.8 Å². The molecule has 2 heterocycles. The van der Waals surface area contributed by atoms with Crippen LogP contribution in [0.4, 0.5) is 10.6 Å². The third-order valence-corrected chi connectivity index (χ3v) is 4.30. The summed E-state index contributed by atoms with van der Waals surface area (Å²) in [5.41, 5.74) is 5.09. The van der Waals surface area contributed by atoms with Gasteiger partial charge in [-0.2, -0.15) is 0 Å². The van der Waals surface area contributed by atoms with Crippen molar-refractivity contribution in [1.82, 2.24) is 15.8 Å². The van der Waals surface area contributed by atoms with Crippen molar-refractivity contribution in [2.45, 2.75) is 12.5 Å². The fourth-order valence-electron chi connectivity index (χ4n) is 1.66. The van der Waals surface area contributed by atoms with Crippen LogP contribution in [0.1, 0.15) is 6.42 Å². The number of urea groups is 1. The van der Waals surface area contributed by atoms with Crippen molar-refractivity contribution in [3.8, 4) is 0 Å². The first-order valence-electron chi connectivity index (χ1n) is 5.49. The van der Waals surface area contributed by atoms with Gasteiger partial charge in [0.15, 0.2) is 9.84 Å². The van der Waals surface area contributed by atoms with Crippen molar-refractivity contribution in [2.24, 2.45) is 0 Å². The van der Waals surface area contributed by atoms with Crippen LogP contribution in [-0.2, 0) is 9.84 Å². The molecule has 1 aliphatic heterocycles. The Balaban J connectivity index is 1.76. The summed E-state index contributed by atoms with van der Waals surface area (Å²) < 4.78 is 22.4. The second-order valence-corrected chi connectivity index (χ2v) is 6.27. The van der Waals surface area contributed by atoms with Gasteiger partial charge in [-0.05, 0) is 18.6 Å². The van der Waals surface area contributed by atoms with Gasteiger partial charge in [-0.15, -0.1) is 0 Å². The monoisotopic (exact) mass is 270 g/mol. The number of carbonyl (C=O) groups excluding carboxylic acids is 1. The molecule has 0 aromatic carbocycles. The number of nitrogens with one attached hydrogen (secondary N) is 3. The molecule has 1 aliphatic rings. The summed E-state index contributed by atoms with van der Waals surface area (Å²) >= 11 is 0. The predicted molar refractivity (Wildman–Crippen MR) is 66.6 cm³/mol. The smallest absolute Gasteiger partial charge is 0.291 e. The highest BCUT2D eigenvalue weighted by Crippen LogP contribution is 2.10. The van der Waals surface area contributed by atoms with Crippen molar-refractivity contribution >= 4 is 21.7 Å². The van der Waals surface area contributed by atoms with Gasteiger partial charge in [0.25, 0.3) is 0 Å². The number of pyridine rings is 1. The molecule has 1 aromatic heterocycles. The van der Waals surface area contributed by atoms with Crippen molar-refractivity contribution in [1.29, 1.82) is 0 Å². The molecule has 18 heavy (non-hydrogen) atoms. The Morgan fingerprint density at radius 2 is 2.22 bits per heavy atom. The first kappa shape index (κ1) is 12.8. The Bertz CT molecular complexity index is 517. The molecule has 1 unspecified atom stereocenters. The molecule has 1 aromatic rings. The topological polar surface area (TPSA) is 100 Å². The molecule has 0 aliphatic carbocycles. The minimum absolute atomic E-state index is 0.0524. The molecule has 1 fully saturated rings. The van der Waals surface area contributed by atoms with E-state index in [1.165, 1.54) is 0 Å². The Labute approximate surface area is 105 Å². The van der Waals surface area contributed by atoms with Crippen molar-refractivity contribution < 1.29 is 13.2 Å². The second kappa shape index (κ2) is 5.32. The van der Waals surface area contributed by atoms with E-state index in [-0.39, 0.29) is 17.5 Å². The third-order valence-electron chi connectivity index (χ3n) is 2.53. The molecule has 1 atom stereocenters. The quantitative estimate of drug-likeness (QED) is 0.666. The fourth-order valence-corrected chi connectivity index (χ4v) is 3.33. The second-order valence-electron chi connectivity index (χ2n) is 4.04. The normalized spacial score (nSPS) is 21.4. The summed E-state index contributed by atoms with van der Waals surface area (Å²) in [5, 5.41) is 2.51. The highest BCUT2D eigenvalue weighted by molar-refractivity contribution is 7.91. The Kier molecular flexibility index (Phi) is 3.78. The number of amides is 2. The number of rotatable bonds is 3. The summed E-state index contributed by atoms with van der Waals surface area (Å²) in [6.45, 7) is 0. The van der Waals surface area contributed by atoms with E-state index in [0.29, 0.717) is 12.2 Å². The van der Waals surface area contributed by atoms with Gasteiger partial charge in [-0.3, -0.25) is 10.7 Å².